The van der Waals surface area contributed by atoms with Crippen LogP contribution in [0.1, 0.15) is 12.1 Å². The molecule has 0 aliphatic heterocycles. The topological polar surface area (TPSA) is 54.7 Å². The Morgan fingerprint density at radius 3 is 2.64 bits per heavy atom. The van der Waals surface area contributed by atoms with Gasteiger partial charge in [-0.15, -0.1) is 34.0 Å². The van der Waals surface area contributed by atoms with Gasteiger partial charge in [0.1, 0.15) is 0 Å². The molecule has 0 aliphatic rings. The zero-order valence-electron chi connectivity index (χ0n) is 6.12. The Morgan fingerprint density at radius 2 is 2.18 bits per heavy atom. The van der Waals surface area contributed by atoms with Crippen molar-refractivity contribution in [3.63, 3.8) is 0 Å². The van der Waals surface area contributed by atoms with Crippen LogP contribution in [0.2, 0.25) is 0 Å². The number of imidazole rings is 1. The van der Waals surface area contributed by atoms with Crippen molar-refractivity contribution in [1.82, 2.24) is 9.97 Å². The number of rotatable bonds is 3. The van der Waals surface area contributed by atoms with Crippen LogP contribution in [0.15, 0.2) is 12.5 Å². The molecule has 0 unspecified atom stereocenters. The lowest BCUT2D eigenvalue weighted by atomic mass is 10.2. The van der Waals surface area contributed by atoms with Gasteiger partial charge in [-0.3, -0.25) is 0 Å². The first kappa shape index (κ1) is 13.7. The second-order valence-electron chi connectivity index (χ2n) is 1.97. The van der Waals surface area contributed by atoms with E-state index in [-0.39, 0.29) is 34.0 Å². The highest BCUT2D eigenvalue weighted by Gasteiger charge is 1.89. The van der Waals surface area contributed by atoms with Gasteiger partial charge in [-0.05, 0) is 19.4 Å². The Bertz CT molecular complexity index is 153. The molecule has 0 aromatic carbocycles. The molecule has 0 spiro atoms. The van der Waals surface area contributed by atoms with Gasteiger partial charge in [0.25, 0.3) is 0 Å². The Kier molecular flexibility index (Phi) is 10.2. The predicted molar refractivity (Wildman–Crippen MR) is 56.6 cm³/mol. The van der Waals surface area contributed by atoms with Gasteiger partial charge >= 0.3 is 0 Å². The van der Waals surface area contributed by atoms with Gasteiger partial charge < -0.3 is 10.7 Å². The summed E-state index contributed by atoms with van der Waals surface area (Å²) in [5, 5.41) is 0. The Balaban J connectivity index is 0. The molecule has 3 nitrogen and oxygen atoms in total. The molecule has 1 aromatic heterocycles. The Hall–Kier alpha value is 0.130. The van der Waals surface area contributed by atoms with Crippen LogP contribution in [0.25, 0.3) is 0 Å². The van der Waals surface area contributed by atoms with Gasteiger partial charge in [0.2, 0.25) is 0 Å². The Morgan fingerprint density at radius 1 is 1.45 bits per heavy atom. The van der Waals surface area contributed by atoms with Crippen molar-refractivity contribution in [2.45, 2.75) is 12.8 Å². The van der Waals surface area contributed by atoms with Crippen molar-refractivity contribution in [2.24, 2.45) is 5.73 Å². The average Bonchev–Trinajstić information content (AvgIpc) is 2.34. The van der Waals surface area contributed by atoms with E-state index in [4.69, 9.17) is 5.73 Å². The highest BCUT2D eigenvalue weighted by molar-refractivity contribution is 8.93. The van der Waals surface area contributed by atoms with E-state index >= 15 is 0 Å². The second-order valence-corrected chi connectivity index (χ2v) is 1.97. The number of nitrogens with zero attached hydrogens (tertiary/aromatic N) is 1. The quantitative estimate of drug-likeness (QED) is 0.884. The lowest BCUT2D eigenvalue weighted by Crippen LogP contribution is -2.00. The molecule has 1 heterocycles. The number of H-pyrrole nitrogens is 1. The van der Waals surface area contributed by atoms with Crippen molar-refractivity contribution >= 4 is 34.0 Å². The summed E-state index contributed by atoms with van der Waals surface area (Å²) in [6.45, 7) is 0.749. The minimum absolute atomic E-state index is 0. The van der Waals surface area contributed by atoms with Gasteiger partial charge in [-0.25, -0.2) is 4.98 Å². The van der Waals surface area contributed by atoms with Crippen LogP contribution >= 0.6 is 34.0 Å². The minimum Gasteiger partial charge on any atom is -0.348 e. The third-order valence-electron chi connectivity index (χ3n) is 1.21. The van der Waals surface area contributed by atoms with Gasteiger partial charge in [0, 0.05) is 11.9 Å². The number of aromatic nitrogens is 2. The first-order valence-corrected chi connectivity index (χ1v) is 3.11. The molecule has 66 valence electrons. The van der Waals surface area contributed by atoms with Crippen LogP contribution < -0.4 is 5.73 Å². The van der Waals surface area contributed by atoms with Crippen LogP contribution in [0.5, 0.6) is 0 Å². The molecule has 3 N–H and O–H groups in total. The molecule has 0 saturated heterocycles. The number of hydrogen-bond acceptors (Lipinski definition) is 2. The van der Waals surface area contributed by atoms with E-state index < -0.39 is 0 Å². The third kappa shape index (κ3) is 5.41. The summed E-state index contributed by atoms with van der Waals surface area (Å²) in [6.07, 6.45) is 5.56. The average molecular weight is 287 g/mol. The first-order chi connectivity index (χ1) is 4.43. The molecule has 0 aliphatic carbocycles. The summed E-state index contributed by atoms with van der Waals surface area (Å²) >= 11 is 0. The van der Waals surface area contributed by atoms with E-state index in [9.17, 15) is 0 Å². The fraction of sp³-hybridized carbons (Fsp3) is 0.500. The van der Waals surface area contributed by atoms with E-state index in [1.165, 1.54) is 5.69 Å². The summed E-state index contributed by atoms with van der Waals surface area (Å²) in [6, 6.07) is 0. The molecular weight excluding hydrogens is 274 g/mol. The summed E-state index contributed by atoms with van der Waals surface area (Å²) in [5.74, 6) is 0. The number of aryl methyl sites for hydroxylation is 1. The van der Waals surface area contributed by atoms with E-state index in [1.807, 2.05) is 6.20 Å². The second kappa shape index (κ2) is 8.23. The number of nitrogens with two attached hydrogens (primary N) is 1. The molecule has 0 fully saturated rings. The van der Waals surface area contributed by atoms with Crippen molar-refractivity contribution in [3.8, 4) is 0 Å². The maximum absolute atomic E-state index is 5.31. The molecule has 0 radical (unpaired) electrons. The highest BCUT2D eigenvalue weighted by atomic mass is 79.9. The molecule has 5 heteroatoms. The van der Waals surface area contributed by atoms with E-state index in [2.05, 4.69) is 9.97 Å². The predicted octanol–water partition coefficient (Wildman–Crippen LogP) is 1.46. The molecule has 0 saturated carbocycles. The van der Waals surface area contributed by atoms with Crippen molar-refractivity contribution in [1.29, 1.82) is 0 Å². The van der Waals surface area contributed by atoms with Crippen LogP contribution in [0.4, 0.5) is 0 Å². The van der Waals surface area contributed by atoms with Crippen molar-refractivity contribution in [3.05, 3.63) is 18.2 Å². The largest absolute Gasteiger partial charge is 0.348 e. The number of hydrogen-bond donors (Lipinski definition) is 2. The standard InChI is InChI=1S/C6H11N3.2BrH/c7-3-1-2-6-4-8-5-9-6;;/h4-5H,1-3,7H2,(H,8,9);2*1H. The maximum Gasteiger partial charge on any atom is 0.0921 e. The first-order valence-electron chi connectivity index (χ1n) is 3.11. The fourth-order valence-corrected chi connectivity index (χ4v) is 0.714. The van der Waals surface area contributed by atoms with Gasteiger partial charge in [-0.1, -0.05) is 0 Å². The van der Waals surface area contributed by atoms with Crippen LogP contribution in [-0.2, 0) is 6.42 Å². The minimum atomic E-state index is 0. The fourth-order valence-electron chi connectivity index (χ4n) is 0.714. The maximum atomic E-state index is 5.31. The van der Waals surface area contributed by atoms with Gasteiger partial charge in [0.05, 0.1) is 6.33 Å². The monoisotopic (exact) mass is 285 g/mol. The SMILES string of the molecule is Br.Br.NCCCc1cnc[nH]1. The Labute approximate surface area is 87.3 Å². The molecule has 0 atom stereocenters. The lowest BCUT2D eigenvalue weighted by molar-refractivity contribution is 0.815. The number of nitrogens with one attached hydrogen (secondary N) is 1. The summed E-state index contributed by atoms with van der Waals surface area (Å²) in [5.41, 5.74) is 6.48. The van der Waals surface area contributed by atoms with Crippen molar-refractivity contribution < 1.29 is 0 Å². The molecule has 1 aromatic rings. The van der Waals surface area contributed by atoms with E-state index in [1.54, 1.807) is 6.33 Å². The zero-order valence-corrected chi connectivity index (χ0v) is 9.54. The zero-order chi connectivity index (χ0) is 6.53. The smallest absolute Gasteiger partial charge is 0.0921 e. The van der Waals surface area contributed by atoms with Crippen molar-refractivity contribution in [2.75, 3.05) is 6.54 Å². The number of aromatic amines is 1. The summed E-state index contributed by atoms with van der Waals surface area (Å²) in [7, 11) is 0. The lowest BCUT2D eigenvalue weighted by Gasteiger charge is -1.90. The molecule has 0 bridgehead atoms. The van der Waals surface area contributed by atoms with Crippen LogP contribution in [-0.4, -0.2) is 16.5 Å². The van der Waals surface area contributed by atoms with E-state index in [0.717, 1.165) is 19.4 Å². The third-order valence-corrected chi connectivity index (χ3v) is 1.21. The van der Waals surface area contributed by atoms with Gasteiger partial charge in [-0.2, -0.15) is 0 Å². The van der Waals surface area contributed by atoms with Crippen LogP contribution in [0, 0.1) is 0 Å². The van der Waals surface area contributed by atoms with E-state index in [0.29, 0.717) is 0 Å². The normalized spacial score (nSPS) is 8.09. The summed E-state index contributed by atoms with van der Waals surface area (Å²) < 4.78 is 0. The molecule has 0 amide bonds. The molecule has 11 heavy (non-hydrogen) atoms. The van der Waals surface area contributed by atoms with Crippen LogP contribution in [0.3, 0.4) is 0 Å². The number of halogens is 2. The molecular formula is C6H13Br2N3. The summed E-state index contributed by atoms with van der Waals surface area (Å²) in [4.78, 5) is 6.88. The van der Waals surface area contributed by atoms with Gasteiger partial charge in [0.15, 0.2) is 0 Å². The highest BCUT2D eigenvalue weighted by Crippen LogP contribution is 1.93. The molecule has 1 rings (SSSR count).